The molecule has 29 heavy (non-hydrogen) atoms. The number of nitrogens with zero attached hydrogens (tertiary/aromatic N) is 1. The Labute approximate surface area is 174 Å². The first-order valence-corrected chi connectivity index (χ1v) is 11.3. The average Bonchev–Trinajstić information content (AvgIpc) is 3.21. The Morgan fingerprint density at radius 2 is 2.10 bits per heavy atom. The maximum atomic E-state index is 11.6. The summed E-state index contributed by atoms with van der Waals surface area (Å²) in [5.74, 6) is 0.593. The van der Waals surface area contributed by atoms with E-state index in [-0.39, 0.29) is 11.0 Å². The summed E-state index contributed by atoms with van der Waals surface area (Å²) < 4.78 is 11.9. The van der Waals surface area contributed by atoms with Crippen LogP contribution in [0.1, 0.15) is 39.0 Å². The minimum absolute atomic E-state index is 0.0708. The summed E-state index contributed by atoms with van der Waals surface area (Å²) in [7, 11) is 0. The molecule has 5 nitrogen and oxygen atoms in total. The zero-order chi connectivity index (χ0) is 20.0. The smallest absolute Gasteiger partial charge is 0.361 e. The van der Waals surface area contributed by atoms with Crippen LogP contribution in [0.3, 0.4) is 0 Å². The van der Waals surface area contributed by atoms with Crippen LogP contribution in [0.2, 0.25) is 0 Å². The standard InChI is InChI=1S/C23H25NO4S/c1-2-28-17-9-8-15-18(13-6-4-3-5-7-13)20-16(19(15)17)12-27-11-14-10-24-22(23(25)26)29-21(14)20/h8-9,12-13,19H,2-7,10-11H2,1H3,(H,25,26). The molecule has 0 bridgehead atoms. The minimum Gasteiger partial charge on any atom is -0.497 e. The lowest BCUT2D eigenvalue weighted by atomic mass is 9.80. The topological polar surface area (TPSA) is 68.1 Å². The first-order chi connectivity index (χ1) is 14.2. The van der Waals surface area contributed by atoms with Crippen molar-refractivity contribution in [2.24, 2.45) is 16.8 Å². The molecule has 0 amide bonds. The van der Waals surface area contributed by atoms with Gasteiger partial charge in [0.1, 0.15) is 12.4 Å². The fraction of sp³-hybridized carbons (Fsp3) is 0.478. The van der Waals surface area contributed by atoms with Crippen molar-refractivity contribution in [1.29, 1.82) is 0 Å². The Morgan fingerprint density at radius 1 is 1.28 bits per heavy atom. The molecule has 3 aliphatic carbocycles. The predicted molar refractivity (Wildman–Crippen MR) is 113 cm³/mol. The molecule has 0 saturated heterocycles. The summed E-state index contributed by atoms with van der Waals surface area (Å²) in [6.07, 6.45) is 12.4. The second-order valence-corrected chi connectivity index (χ2v) is 9.03. The van der Waals surface area contributed by atoms with Gasteiger partial charge in [-0.2, -0.15) is 0 Å². The molecule has 1 unspecified atom stereocenters. The molecule has 0 aromatic heterocycles. The number of allylic oxidation sites excluding steroid dienone is 5. The Bertz CT molecular complexity index is 944. The number of hydrogen-bond donors (Lipinski definition) is 1. The minimum atomic E-state index is -0.954. The van der Waals surface area contributed by atoms with Crippen LogP contribution in [0.4, 0.5) is 0 Å². The molecule has 5 aliphatic rings. The van der Waals surface area contributed by atoms with E-state index in [1.54, 1.807) is 0 Å². The van der Waals surface area contributed by atoms with Crippen molar-refractivity contribution >= 4 is 22.8 Å². The summed E-state index contributed by atoms with van der Waals surface area (Å²) in [6.45, 7) is 3.49. The number of aliphatic imine (C=N–C) groups is 1. The number of fused-ring (bicyclic) bond motifs is 4. The van der Waals surface area contributed by atoms with Gasteiger partial charge in [0.05, 0.1) is 25.3 Å². The lowest BCUT2D eigenvalue weighted by Crippen LogP contribution is -2.17. The molecular formula is C23H25NO4S. The highest BCUT2D eigenvalue weighted by Gasteiger charge is 2.45. The first-order valence-electron chi connectivity index (χ1n) is 10.5. The van der Waals surface area contributed by atoms with E-state index < -0.39 is 5.97 Å². The molecule has 0 aromatic rings. The lowest BCUT2D eigenvalue weighted by molar-refractivity contribution is -0.129. The quantitative estimate of drug-likeness (QED) is 0.723. The van der Waals surface area contributed by atoms with Gasteiger partial charge in [0.15, 0.2) is 5.04 Å². The molecular weight excluding hydrogens is 386 g/mol. The van der Waals surface area contributed by atoms with Gasteiger partial charge in [0.25, 0.3) is 0 Å². The highest BCUT2D eigenvalue weighted by atomic mass is 32.2. The molecule has 152 valence electrons. The Kier molecular flexibility index (Phi) is 4.90. The highest BCUT2D eigenvalue weighted by molar-refractivity contribution is 8.19. The predicted octanol–water partition coefficient (Wildman–Crippen LogP) is 4.75. The fourth-order valence-corrected chi connectivity index (χ4v) is 6.17. The van der Waals surface area contributed by atoms with Gasteiger partial charge in [-0.05, 0) is 48.5 Å². The van der Waals surface area contributed by atoms with Gasteiger partial charge in [-0.15, -0.1) is 0 Å². The van der Waals surface area contributed by atoms with Crippen LogP contribution in [0.15, 0.2) is 61.9 Å². The Morgan fingerprint density at radius 3 is 2.86 bits per heavy atom. The normalized spacial score (nSPS) is 26.4. The van der Waals surface area contributed by atoms with Gasteiger partial charge in [-0.1, -0.05) is 37.1 Å². The number of rotatable bonds is 4. The second-order valence-electron chi connectivity index (χ2n) is 8.03. The third kappa shape index (κ3) is 3.08. The maximum absolute atomic E-state index is 11.6. The van der Waals surface area contributed by atoms with Gasteiger partial charge < -0.3 is 14.6 Å². The van der Waals surface area contributed by atoms with E-state index >= 15 is 0 Å². The molecule has 1 N–H and O–H groups in total. The number of carbonyl (C=O) groups is 1. The summed E-state index contributed by atoms with van der Waals surface area (Å²) in [5, 5.41) is 9.72. The number of carboxylic acid groups (broad SMARTS) is 1. The van der Waals surface area contributed by atoms with Crippen LogP contribution >= 0.6 is 11.8 Å². The second kappa shape index (κ2) is 7.56. The van der Waals surface area contributed by atoms with Crippen LogP contribution in [-0.2, 0) is 14.3 Å². The fourth-order valence-electron chi connectivity index (χ4n) is 5.16. The molecule has 0 spiro atoms. The largest absolute Gasteiger partial charge is 0.497 e. The molecule has 1 fully saturated rings. The summed E-state index contributed by atoms with van der Waals surface area (Å²) in [6, 6.07) is 0. The van der Waals surface area contributed by atoms with Crippen LogP contribution in [-0.4, -0.2) is 35.9 Å². The van der Waals surface area contributed by atoms with E-state index in [0.717, 1.165) is 21.8 Å². The molecule has 1 atom stereocenters. The molecule has 0 aromatic carbocycles. The van der Waals surface area contributed by atoms with Crippen molar-refractivity contribution in [2.75, 3.05) is 19.8 Å². The van der Waals surface area contributed by atoms with Crippen LogP contribution in [0.5, 0.6) is 0 Å². The van der Waals surface area contributed by atoms with E-state index in [4.69, 9.17) is 9.47 Å². The number of hydrogen-bond acceptors (Lipinski definition) is 5. The molecule has 5 rings (SSSR count). The van der Waals surface area contributed by atoms with Crippen LogP contribution in [0.25, 0.3) is 0 Å². The van der Waals surface area contributed by atoms with Crippen molar-refractivity contribution in [3.63, 3.8) is 0 Å². The van der Waals surface area contributed by atoms with Crippen LogP contribution in [0, 0.1) is 11.8 Å². The Hall–Kier alpha value is -2.21. The zero-order valence-corrected chi connectivity index (χ0v) is 17.4. The summed E-state index contributed by atoms with van der Waals surface area (Å²) >= 11 is 1.30. The SMILES string of the molecule is CCOC1=CC=C2C(C3CCCCC3)=C3C(=COCC4=C3SC(C(=O)O)=NC4)C12. The first kappa shape index (κ1) is 18.8. The van der Waals surface area contributed by atoms with Crippen molar-refractivity contribution < 1.29 is 19.4 Å². The van der Waals surface area contributed by atoms with E-state index in [0.29, 0.717) is 25.7 Å². The molecule has 1 saturated carbocycles. The third-order valence-electron chi connectivity index (χ3n) is 6.34. The van der Waals surface area contributed by atoms with Crippen molar-refractivity contribution in [3.8, 4) is 0 Å². The van der Waals surface area contributed by atoms with Gasteiger partial charge in [0, 0.05) is 16.1 Å². The zero-order valence-electron chi connectivity index (χ0n) is 16.6. The summed E-state index contributed by atoms with van der Waals surface area (Å²) in [5.41, 5.74) is 6.11. The van der Waals surface area contributed by atoms with E-state index in [1.165, 1.54) is 60.6 Å². The van der Waals surface area contributed by atoms with Gasteiger partial charge in [-0.25, -0.2) is 4.79 Å². The highest BCUT2D eigenvalue weighted by Crippen LogP contribution is 2.57. The van der Waals surface area contributed by atoms with E-state index in [2.05, 4.69) is 17.1 Å². The van der Waals surface area contributed by atoms with E-state index in [1.807, 2.05) is 13.2 Å². The molecule has 2 aliphatic heterocycles. The van der Waals surface area contributed by atoms with Crippen molar-refractivity contribution in [3.05, 3.63) is 56.9 Å². The lowest BCUT2D eigenvalue weighted by Gasteiger charge is -2.26. The van der Waals surface area contributed by atoms with Crippen molar-refractivity contribution in [1.82, 2.24) is 0 Å². The maximum Gasteiger partial charge on any atom is 0.361 e. The molecule has 0 radical (unpaired) electrons. The monoisotopic (exact) mass is 411 g/mol. The Balaban J connectivity index is 1.64. The number of aliphatic carboxylic acids is 1. The number of carboxylic acids is 1. The number of thioether (sulfide) groups is 1. The van der Waals surface area contributed by atoms with Gasteiger partial charge in [0.2, 0.25) is 0 Å². The third-order valence-corrected chi connectivity index (χ3v) is 7.53. The molecule has 2 heterocycles. The van der Waals surface area contributed by atoms with Crippen molar-refractivity contribution in [2.45, 2.75) is 39.0 Å². The number of ether oxygens (including phenoxy) is 2. The average molecular weight is 412 g/mol. The van der Waals surface area contributed by atoms with Crippen LogP contribution < -0.4 is 0 Å². The van der Waals surface area contributed by atoms with E-state index in [9.17, 15) is 9.90 Å². The summed E-state index contributed by atoms with van der Waals surface area (Å²) in [4.78, 5) is 17.0. The van der Waals surface area contributed by atoms with Gasteiger partial charge in [-0.3, -0.25) is 4.99 Å². The van der Waals surface area contributed by atoms with Gasteiger partial charge >= 0.3 is 5.97 Å². The molecule has 6 heteroatoms.